The molecule has 1 N–H and O–H groups in total. The minimum Gasteiger partial charge on any atom is -0.481 e. The number of hydrogen-bond acceptors (Lipinski definition) is 2. The molecule has 0 spiro atoms. The minimum atomic E-state index is -0.642. The first-order chi connectivity index (χ1) is 6.32. The lowest BCUT2D eigenvalue weighted by molar-refractivity contribution is -0.148. The van der Waals surface area contributed by atoms with Gasteiger partial charge in [-0.2, -0.15) is 0 Å². The van der Waals surface area contributed by atoms with Crippen LogP contribution in [0.5, 0.6) is 0 Å². The molecule has 0 saturated carbocycles. The second kappa shape index (κ2) is 3.89. The Labute approximate surface area is 86.1 Å². The van der Waals surface area contributed by atoms with Gasteiger partial charge in [0.1, 0.15) is 0 Å². The number of aliphatic carboxylic acids is 1. The number of hydrogen-bond donors (Lipinski definition) is 1. The Bertz CT molecular complexity index is 220. The van der Waals surface area contributed by atoms with E-state index in [1.165, 1.54) is 0 Å². The highest BCUT2D eigenvalue weighted by Crippen LogP contribution is 2.37. The smallest absolute Gasteiger partial charge is 0.308 e. The molecule has 1 rings (SSSR count). The summed E-state index contributed by atoms with van der Waals surface area (Å²) in [6.07, 6.45) is 0.997. The number of nitrogens with zero attached hydrogens (tertiary/aromatic N) is 1. The van der Waals surface area contributed by atoms with Crippen molar-refractivity contribution in [2.75, 3.05) is 20.1 Å². The summed E-state index contributed by atoms with van der Waals surface area (Å²) in [5, 5.41) is 9.16. The summed E-state index contributed by atoms with van der Waals surface area (Å²) >= 11 is 0. The van der Waals surface area contributed by atoms with Gasteiger partial charge in [0, 0.05) is 6.54 Å². The Morgan fingerprint density at radius 3 is 2.43 bits per heavy atom. The standard InChI is InChI=1S/C11H21NO2/c1-11(2,3)9-5-6-12(4)7-8(9)10(13)14/h8-9H,5-7H2,1-4H3,(H,13,14). The fraction of sp³-hybridized carbons (Fsp3) is 0.909. The zero-order chi connectivity index (χ0) is 10.9. The summed E-state index contributed by atoms with van der Waals surface area (Å²) in [6.45, 7) is 8.12. The van der Waals surface area contributed by atoms with Crippen molar-refractivity contribution in [1.82, 2.24) is 4.90 Å². The topological polar surface area (TPSA) is 40.5 Å². The number of likely N-dealkylation sites (tertiary alicyclic amines) is 1. The van der Waals surface area contributed by atoms with E-state index in [2.05, 4.69) is 25.7 Å². The fourth-order valence-corrected chi connectivity index (χ4v) is 2.40. The molecule has 1 heterocycles. The maximum atomic E-state index is 11.1. The lowest BCUT2D eigenvalue weighted by Crippen LogP contribution is -2.46. The van der Waals surface area contributed by atoms with Crippen LogP contribution in [0.15, 0.2) is 0 Å². The van der Waals surface area contributed by atoms with E-state index < -0.39 is 5.97 Å². The predicted molar refractivity (Wildman–Crippen MR) is 56.2 cm³/mol. The van der Waals surface area contributed by atoms with Crippen LogP contribution in [0.1, 0.15) is 27.2 Å². The van der Waals surface area contributed by atoms with E-state index in [1.54, 1.807) is 0 Å². The van der Waals surface area contributed by atoms with E-state index in [4.69, 9.17) is 5.11 Å². The predicted octanol–water partition coefficient (Wildman–Crippen LogP) is 1.69. The fourth-order valence-electron chi connectivity index (χ4n) is 2.40. The molecular formula is C11H21NO2. The molecule has 0 radical (unpaired) electrons. The molecule has 0 aromatic heterocycles. The third-order valence-electron chi connectivity index (χ3n) is 3.25. The molecule has 1 saturated heterocycles. The van der Waals surface area contributed by atoms with Gasteiger partial charge in [-0.3, -0.25) is 4.79 Å². The molecule has 3 heteroatoms. The van der Waals surface area contributed by atoms with Gasteiger partial charge in [0.05, 0.1) is 5.92 Å². The number of carboxylic acids is 1. The van der Waals surface area contributed by atoms with Crippen LogP contribution < -0.4 is 0 Å². The third-order valence-corrected chi connectivity index (χ3v) is 3.25. The summed E-state index contributed by atoms with van der Waals surface area (Å²) < 4.78 is 0. The molecule has 1 fully saturated rings. The van der Waals surface area contributed by atoms with Gasteiger partial charge < -0.3 is 10.0 Å². The summed E-state index contributed by atoms with van der Waals surface area (Å²) in [7, 11) is 1.99. The third kappa shape index (κ3) is 2.47. The highest BCUT2D eigenvalue weighted by Gasteiger charge is 2.39. The molecular weight excluding hydrogens is 178 g/mol. The summed E-state index contributed by atoms with van der Waals surface area (Å²) in [5.41, 5.74) is 0.102. The summed E-state index contributed by atoms with van der Waals surface area (Å²) in [6, 6.07) is 0. The van der Waals surface area contributed by atoms with Crippen LogP contribution in [-0.4, -0.2) is 36.1 Å². The maximum Gasteiger partial charge on any atom is 0.308 e. The van der Waals surface area contributed by atoms with Crippen LogP contribution in [-0.2, 0) is 4.79 Å². The van der Waals surface area contributed by atoms with Crippen LogP contribution in [0.4, 0.5) is 0 Å². The highest BCUT2D eigenvalue weighted by molar-refractivity contribution is 5.71. The van der Waals surface area contributed by atoms with Gasteiger partial charge in [0.2, 0.25) is 0 Å². The molecule has 0 bridgehead atoms. The molecule has 0 aromatic carbocycles. The molecule has 0 aromatic rings. The molecule has 14 heavy (non-hydrogen) atoms. The first kappa shape index (κ1) is 11.5. The Kier molecular flexibility index (Phi) is 3.20. The first-order valence-electron chi connectivity index (χ1n) is 5.23. The Morgan fingerprint density at radius 2 is 2.00 bits per heavy atom. The van der Waals surface area contributed by atoms with Gasteiger partial charge in [0.15, 0.2) is 0 Å². The first-order valence-corrected chi connectivity index (χ1v) is 5.23. The molecule has 2 atom stereocenters. The lowest BCUT2D eigenvalue weighted by atomic mass is 9.69. The van der Waals surface area contributed by atoms with E-state index in [9.17, 15) is 4.79 Å². The molecule has 3 nitrogen and oxygen atoms in total. The van der Waals surface area contributed by atoms with Crippen molar-refractivity contribution in [1.29, 1.82) is 0 Å². The SMILES string of the molecule is CN1CCC(C(C)(C)C)C(C(=O)O)C1. The number of piperidine rings is 1. The Morgan fingerprint density at radius 1 is 1.43 bits per heavy atom. The highest BCUT2D eigenvalue weighted by atomic mass is 16.4. The quantitative estimate of drug-likeness (QED) is 0.698. The molecule has 1 aliphatic heterocycles. The molecule has 0 aliphatic carbocycles. The van der Waals surface area contributed by atoms with Crippen molar-refractivity contribution in [3.63, 3.8) is 0 Å². The molecule has 1 aliphatic rings. The number of carboxylic acid groups (broad SMARTS) is 1. The Balaban J connectivity index is 2.78. The summed E-state index contributed by atoms with van der Waals surface area (Å²) in [5.74, 6) is -0.540. The monoisotopic (exact) mass is 199 g/mol. The van der Waals surface area contributed by atoms with Gasteiger partial charge in [0.25, 0.3) is 0 Å². The lowest BCUT2D eigenvalue weighted by Gasteiger charge is -2.41. The number of carbonyl (C=O) groups is 1. The zero-order valence-corrected chi connectivity index (χ0v) is 9.58. The second-order valence-electron chi connectivity index (χ2n) is 5.47. The van der Waals surface area contributed by atoms with Crippen LogP contribution in [0.2, 0.25) is 0 Å². The van der Waals surface area contributed by atoms with Crippen molar-refractivity contribution in [3.05, 3.63) is 0 Å². The van der Waals surface area contributed by atoms with Gasteiger partial charge in [-0.1, -0.05) is 20.8 Å². The Hall–Kier alpha value is -0.570. The maximum absolute atomic E-state index is 11.1. The average molecular weight is 199 g/mol. The van der Waals surface area contributed by atoms with Gasteiger partial charge in [-0.15, -0.1) is 0 Å². The largest absolute Gasteiger partial charge is 0.481 e. The van der Waals surface area contributed by atoms with Crippen molar-refractivity contribution in [2.45, 2.75) is 27.2 Å². The van der Waals surface area contributed by atoms with Crippen LogP contribution in [0.25, 0.3) is 0 Å². The van der Waals surface area contributed by atoms with Crippen LogP contribution in [0, 0.1) is 17.3 Å². The van der Waals surface area contributed by atoms with Crippen molar-refractivity contribution < 1.29 is 9.90 Å². The van der Waals surface area contributed by atoms with Gasteiger partial charge >= 0.3 is 5.97 Å². The van der Waals surface area contributed by atoms with E-state index >= 15 is 0 Å². The second-order valence-corrected chi connectivity index (χ2v) is 5.47. The minimum absolute atomic E-state index is 0.102. The number of rotatable bonds is 1. The van der Waals surface area contributed by atoms with Crippen molar-refractivity contribution in [3.8, 4) is 0 Å². The van der Waals surface area contributed by atoms with Crippen molar-refractivity contribution in [2.24, 2.45) is 17.3 Å². The van der Waals surface area contributed by atoms with Gasteiger partial charge in [-0.25, -0.2) is 0 Å². The zero-order valence-electron chi connectivity index (χ0n) is 9.58. The average Bonchev–Trinajstić information content (AvgIpc) is 2.01. The van der Waals surface area contributed by atoms with E-state index in [1.807, 2.05) is 7.05 Å². The normalized spacial score (nSPS) is 30.3. The van der Waals surface area contributed by atoms with E-state index in [0.29, 0.717) is 12.5 Å². The van der Waals surface area contributed by atoms with Crippen LogP contribution in [0.3, 0.4) is 0 Å². The summed E-state index contributed by atoms with van der Waals surface area (Å²) in [4.78, 5) is 13.2. The van der Waals surface area contributed by atoms with E-state index in [-0.39, 0.29) is 11.3 Å². The molecule has 2 unspecified atom stereocenters. The van der Waals surface area contributed by atoms with Crippen LogP contribution >= 0.6 is 0 Å². The molecule has 0 amide bonds. The van der Waals surface area contributed by atoms with E-state index in [0.717, 1.165) is 13.0 Å². The molecule has 82 valence electrons. The van der Waals surface area contributed by atoms with Crippen molar-refractivity contribution >= 4 is 5.97 Å². The van der Waals surface area contributed by atoms with Gasteiger partial charge in [-0.05, 0) is 31.3 Å².